The van der Waals surface area contributed by atoms with E-state index in [0.29, 0.717) is 16.7 Å². The fourth-order valence-electron chi connectivity index (χ4n) is 2.97. The first-order chi connectivity index (χ1) is 12.9. The Kier molecular flexibility index (Phi) is 4.86. The highest BCUT2D eigenvalue weighted by atomic mass is 16.2. The topological polar surface area (TPSA) is 105 Å². The number of carbonyl (C=O) groups is 1. The van der Waals surface area contributed by atoms with Crippen LogP contribution in [0.2, 0.25) is 0 Å². The van der Waals surface area contributed by atoms with E-state index in [1.54, 1.807) is 23.7 Å². The molecule has 0 fully saturated rings. The van der Waals surface area contributed by atoms with Gasteiger partial charge in [-0.1, -0.05) is 12.1 Å². The Labute approximate surface area is 155 Å². The molecule has 0 radical (unpaired) electrons. The molecule has 0 unspecified atom stereocenters. The number of carbonyl (C=O) groups excluding carboxylic acids is 1. The lowest BCUT2D eigenvalue weighted by Gasteiger charge is -2.16. The molecule has 0 aliphatic rings. The zero-order valence-corrected chi connectivity index (χ0v) is 15.2. The maximum atomic E-state index is 13.0. The second-order valence-corrected chi connectivity index (χ2v) is 6.06. The van der Waals surface area contributed by atoms with Gasteiger partial charge in [0.15, 0.2) is 0 Å². The number of para-hydroxylation sites is 1. The van der Waals surface area contributed by atoms with Gasteiger partial charge in [0.1, 0.15) is 12.2 Å². The molecule has 3 aromatic rings. The van der Waals surface area contributed by atoms with Crippen LogP contribution < -0.4 is 11.0 Å². The zero-order chi connectivity index (χ0) is 19.6. The minimum atomic E-state index is -0.478. The van der Waals surface area contributed by atoms with E-state index in [4.69, 9.17) is 5.26 Å². The SMILES string of the molecule is Cc1cc(C=NNC(=O)CC#N)c(C)n1-n1c(C)nc2ccccc2c1=O. The molecule has 0 saturated carbocycles. The Morgan fingerprint density at radius 3 is 2.78 bits per heavy atom. The maximum absolute atomic E-state index is 13.0. The number of nitrogens with zero attached hydrogens (tertiary/aromatic N) is 5. The summed E-state index contributed by atoms with van der Waals surface area (Å²) in [7, 11) is 0. The predicted octanol–water partition coefficient (Wildman–Crippen LogP) is 1.80. The molecular weight excluding hydrogens is 344 g/mol. The van der Waals surface area contributed by atoms with Crippen molar-refractivity contribution in [2.75, 3.05) is 0 Å². The first-order valence-electron chi connectivity index (χ1n) is 8.31. The average Bonchev–Trinajstić information content (AvgIpc) is 2.90. The molecule has 0 saturated heterocycles. The number of nitrogens with one attached hydrogen (secondary N) is 1. The normalized spacial score (nSPS) is 11.0. The highest BCUT2D eigenvalue weighted by Crippen LogP contribution is 2.15. The van der Waals surface area contributed by atoms with Crippen LogP contribution in [0.1, 0.15) is 29.2 Å². The zero-order valence-electron chi connectivity index (χ0n) is 15.2. The molecule has 2 aromatic heterocycles. The van der Waals surface area contributed by atoms with Gasteiger partial charge in [0.2, 0.25) is 0 Å². The molecule has 1 N–H and O–H groups in total. The lowest BCUT2D eigenvalue weighted by atomic mass is 10.2. The summed E-state index contributed by atoms with van der Waals surface area (Å²) in [6.45, 7) is 5.51. The molecule has 2 heterocycles. The van der Waals surface area contributed by atoms with Crippen molar-refractivity contribution in [3.05, 3.63) is 63.5 Å². The Morgan fingerprint density at radius 1 is 1.30 bits per heavy atom. The van der Waals surface area contributed by atoms with Crippen LogP contribution in [0.5, 0.6) is 0 Å². The Balaban J connectivity index is 2.07. The van der Waals surface area contributed by atoms with Crippen LogP contribution in [-0.4, -0.2) is 26.5 Å². The van der Waals surface area contributed by atoms with Crippen molar-refractivity contribution in [1.29, 1.82) is 5.26 Å². The molecule has 0 spiro atoms. The quantitative estimate of drug-likeness (QED) is 0.564. The van der Waals surface area contributed by atoms with Crippen LogP contribution in [-0.2, 0) is 4.79 Å². The Hall–Kier alpha value is -3.73. The Morgan fingerprint density at radius 2 is 2.04 bits per heavy atom. The second kappa shape index (κ2) is 7.25. The lowest BCUT2D eigenvalue weighted by Crippen LogP contribution is -2.30. The molecule has 0 bridgehead atoms. The molecule has 0 atom stereocenters. The standard InChI is InChI=1S/C19H18N6O2/c1-12-10-15(11-21-23-18(26)8-9-20)13(2)24(12)25-14(3)22-17-7-5-4-6-16(17)19(25)27/h4-7,10-11H,8H2,1-3H3,(H,23,26). The highest BCUT2D eigenvalue weighted by molar-refractivity contribution is 5.84. The lowest BCUT2D eigenvalue weighted by molar-refractivity contribution is -0.120. The van der Waals surface area contributed by atoms with Gasteiger partial charge >= 0.3 is 0 Å². The summed E-state index contributed by atoms with van der Waals surface area (Å²) in [6, 6.07) is 10.8. The molecule has 27 heavy (non-hydrogen) atoms. The van der Waals surface area contributed by atoms with E-state index < -0.39 is 5.91 Å². The van der Waals surface area contributed by atoms with Crippen molar-refractivity contribution >= 4 is 23.0 Å². The van der Waals surface area contributed by atoms with Crippen LogP contribution in [0.3, 0.4) is 0 Å². The predicted molar refractivity (Wildman–Crippen MR) is 101 cm³/mol. The van der Waals surface area contributed by atoms with Crippen molar-refractivity contribution in [3.8, 4) is 6.07 Å². The van der Waals surface area contributed by atoms with Crippen LogP contribution in [0.15, 0.2) is 40.2 Å². The first kappa shape index (κ1) is 18.1. The van der Waals surface area contributed by atoms with Gasteiger partial charge in [0.05, 0.1) is 23.2 Å². The van der Waals surface area contributed by atoms with E-state index >= 15 is 0 Å². The van der Waals surface area contributed by atoms with Crippen LogP contribution >= 0.6 is 0 Å². The van der Waals surface area contributed by atoms with E-state index in [0.717, 1.165) is 17.0 Å². The fraction of sp³-hybridized carbons (Fsp3) is 0.211. The fourth-order valence-corrected chi connectivity index (χ4v) is 2.97. The van der Waals surface area contributed by atoms with Crippen LogP contribution in [0, 0.1) is 32.1 Å². The summed E-state index contributed by atoms with van der Waals surface area (Å²) in [5, 5.41) is 12.9. The monoisotopic (exact) mass is 362 g/mol. The van der Waals surface area contributed by atoms with Gasteiger partial charge < -0.3 is 0 Å². The number of hydrogen-bond donors (Lipinski definition) is 1. The minimum absolute atomic E-state index is 0.161. The molecule has 1 aromatic carbocycles. The third kappa shape index (κ3) is 3.35. The summed E-state index contributed by atoms with van der Waals surface area (Å²) >= 11 is 0. The van der Waals surface area contributed by atoms with Gasteiger partial charge in [-0.05, 0) is 39.0 Å². The number of hydrazone groups is 1. The third-order valence-electron chi connectivity index (χ3n) is 4.18. The van der Waals surface area contributed by atoms with Crippen molar-refractivity contribution in [2.45, 2.75) is 27.2 Å². The number of benzene rings is 1. The molecule has 3 rings (SSSR count). The summed E-state index contributed by atoms with van der Waals surface area (Å²) in [6.07, 6.45) is 1.23. The van der Waals surface area contributed by atoms with Crippen molar-refractivity contribution in [2.24, 2.45) is 5.10 Å². The van der Waals surface area contributed by atoms with Crippen LogP contribution in [0.4, 0.5) is 0 Å². The molecule has 1 amide bonds. The van der Waals surface area contributed by atoms with Gasteiger partial charge in [-0.2, -0.15) is 15.0 Å². The van der Waals surface area contributed by atoms with Gasteiger partial charge in [-0.15, -0.1) is 0 Å². The van der Waals surface area contributed by atoms with E-state index in [-0.39, 0.29) is 12.0 Å². The van der Waals surface area contributed by atoms with Gasteiger partial charge in [-0.25, -0.2) is 10.4 Å². The number of fused-ring (bicyclic) bond motifs is 1. The first-order valence-corrected chi connectivity index (χ1v) is 8.31. The molecule has 136 valence electrons. The summed E-state index contributed by atoms with van der Waals surface area (Å²) in [5.74, 6) is 0.0830. The molecule has 0 aliphatic carbocycles. The van der Waals surface area contributed by atoms with E-state index in [1.165, 1.54) is 10.9 Å². The van der Waals surface area contributed by atoms with Crippen molar-refractivity contribution < 1.29 is 4.79 Å². The number of aryl methyl sites for hydroxylation is 2. The van der Waals surface area contributed by atoms with Gasteiger partial charge in [0.25, 0.3) is 11.5 Å². The maximum Gasteiger partial charge on any atom is 0.280 e. The number of hydrogen-bond acceptors (Lipinski definition) is 5. The average molecular weight is 362 g/mol. The smallest absolute Gasteiger partial charge is 0.272 e. The summed E-state index contributed by atoms with van der Waals surface area (Å²) in [4.78, 5) is 28.9. The number of amides is 1. The Bertz CT molecular complexity index is 1160. The highest BCUT2D eigenvalue weighted by Gasteiger charge is 2.15. The summed E-state index contributed by atoms with van der Waals surface area (Å²) in [5.41, 5.74) is 5.12. The third-order valence-corrected chi connectivity index (χ3v) is 4.18. The van der Waals surface area contributed by atoms with Crippen molar-refractivity contribution in [3.63, 3.8) is 0 Å². The minimum Gasteiger partial charge on any atom is -0.272 e. The van der Waals surface area contributed by atoms with E-state index in [1.807, 2.05) is 38.1 Å². The number of aromatic nitrogens is 3. The van der Waals surface area contributed by atoms with Gasteiger partial charge in [-0.3, -0.25) is 14.3 Å². The second-order valence-electron chi connectivity index (χ2n) is 6.06. The van der Waals surface area contributed by atoms with Gasteiger partial charge in [0, 0.05) is 17.0 Å². The summed E-state index contributed by atoms with van der Waals surface area (Å²) < 4.78 is 3.30. The largest absolute Gasteiger partial charge is 0.280 e. The van der Waals surface area contributed by atoms with Crippen molar-refractivity contribution in [1.82, 2.24) is 19.8 Å². The molecule has 8 heteroatoms. The van der Waals surface area contributed by atoms with E-state index in [9.17, 15) is 9.59 Å². The molecular formula is C19H18N6O2. The molecule has 0 aliphatic heterocycles. The van der Waals surface area contributed by atoms with Crippen LogP contribution in [0.25, 0.3) is 10.9 Å². The number of nitriles is 1. The number of rotatable bonds is 4. The molecule has 8 nitrogen and oxygen atoms in total. The van der Waals surface area contributed by atoms with E-state index in [2.05, 4.69) is 15.5 Å².